The summed E-state index contributed by atoms with van der Waals surface area (Å²) in [7, 11) is 0. The molecule has 0 aliphatic rings. The molecule has 0 aliphatic heterocycles. The number of hydrogen-bond acceptors (Lipinski definition) is 4. The van der Waals surface area contributed by atoms with Gasteiger partial charge in [-0.3, -0.25) is 0 Å². The fourth-order valence-electron chi connectivity index (χ4n) is 2.53. The van der Waals surface area contributed by atoms with E-state index < -0.39 is 81.0 Å². The van der Waals surface area contributed by atoms with Gasteiger partial charge < -0.3 is 20.9 Å². The maximum atomic E-state index is 14.9. The molecule has 0 bridgehead atoms. The molecule has 3 rings (SSSR count). The molecule has 0 unspecified atom stereocenters. The highest BCUT2D eigenvalue weighted by molar-refractivity contribution is 5.53. The van der Waals surface area contributed by atoms with Crippen LogP contribution < -0.4 is 20.9 Å². The molecule has 0 atom stereocenters. The van der Waals surface area contributed by atoms with Crippen LogP contribution in [0.3, 0.4) is 0 Å². The van der Waals surface area contributed by atoms with Gasteiger partial charge in [0, 0.05) is 24.3 Å². The number of nitrogen functional groups attached to an aromatic ring is 2. The first-order valence-corrected chi connectivity index (χ1v) is 8.23. The van der Waals surface area contributed by atoms with E-state index in [1.165, 1.54) is 0 Å². The summed E-state index contributed by atoms with van der Waals surface area (Å²) < 4.78 is 133. The summed E-state index contributed by atoms with van der Waals surface area (Å²) in [4.78, 5) is 0. The van der Waals surface area contributed by atoms with Crippen molar-refractivity contribution in [2.45, 2.75) is 6.18 Å². The summed E-state index contributed by atoms with van der Waals surface area (Å²) in [5.41, 5.74) is 6.52. The van der Waals surface area contributed by atoms with Crippen LogP contribution in [0.2, 0.25) is 0 Å². The highest BCUT2D eigenvalue weighted by Gasteiger charge is 2.39. The van der Waals surface area contributed by atoms with Crippen molar-refractivity contribution < 1.29 is 49.0 Å². The molecule has 0 spiro atoms. The summed E-state index contributed by atoms with van der Waals surface area (Å²) >= 11 is 0. The minimum Gasteiger partial charge on any atom is -0.450 e. The summed E-state index contributed by atoms with van der Waals surface area (Å²) in [6.07, 6.45) is -5.45. The Kier molecular flexibility index (Phi) is 5.76. The van der Waals surface area contributed by atoms with Gasteiger partial charge in [-0.25, -0.2) is 22.0 Å². The van der Waals surface area contributed by atoms with Gasteiger partial charge >= 0.3 is 6.18 Å². The lowest BCUT2D eigenvalue weighted by Gasteiger charge is -2.18. The fraction of sp³-hybridized carbons (Fsp3) is 0.0526. The van der Waals surface area contributed by atoms with Crippen molar-refractivity contribution in [3.8, 4) is 23.0 Å². The first-order valence-electron chi connectivity index (χ1n) is 8.23. The number of ether oxygens (including phenoxy) is 2. The maximum Gasteiger partial charge on any atom is 0.420 e. The lowest BCUT2D eigenvalue weighted by atomic mass is 10.1. The van der Waals surface area contributed by atoms with Gasteiger partial charge in [0.25, 0.3) is 0 Å². The second kappa shape index (κ2) is 8.05. The Morgan fingerprint density at radius 3 is 1.47 bits per heavy atom. The van der Waals surface area contributed by atoms with E-state index in [1.807, 2.05) is 0 Å². The summed E-state index contributed by atoms with van der Waals surface area (Å²) in [5.74, 6) is -15.6. The largest absolute Gasteiger partial charge is 0.450 e. The quantitative estimate of drug-likeness (QED) is 0.349. The third kappa shape index (κ3) is 4.31. The summed E-state index contributed by atoms with van der Waals surface area (Å²) in [6.45, 7) is 0. The Labute approximate surface area is 172 Å². The summed E-state index contributed by atoms with van der Waals surface area (Å²) in [5, 5.41) is 0. The Balaban J connectivity index is 2.21. The molecule has 13 heteroatoms. The van der Waals surface area contributed by atoms with E-state index in [-0.39, 0.29) is 12.1 Å². The van der Waals surface area contributed by atoms with E-state index in [9.17, 15) is 39.5 Å². The average molecular weight is 468 g/mol. The molecule has 0 amide bonds. The molecule has 0 radical (unpaired) electrons. The van der Waals surface area contributed by atoms with E-state index >= 15 is 0 Å². The van der Waals surface area contributed by atoms with E-state index in [4.69, 9.17) is 11.5 Å². The van der Waals surface area contributed by atoms with Crippen LogP contribution in [0.15, 0.2) is 30.3 Å². The van der Waals surface area contributed by atoms with Crippen molar-refractivity contribution in [2.24, 2.45) is 0 Å². The van der Waals surface area contributed by atoms with Crippen molar-refractivity contribution >= 4 is 11.4 Å². The van der Waals surface area contributed by atoms with E-state index in [2.05, 4.69) is 9.47 Å². The zero-order valence-corrected chi connectivity index (χ0v) is 15.3. The highest BCUT2D eigenvalue weighted by atomic mass is 19.4. The lowest BCUT2D eigenvalue weighted by Crippen LogP contribution is -2.11. The van der Waals surface area contributed by atoms with E-state index in [1.54, 1.807) is 0 Å². The molecular weight excluding hydrogens is 459 g/mol. The Bertz CT molecular complexity index is 1210. The molecule has 4 N–H and O–H groups in total. The first kappa shape index (κ1) is 22.9. The van der Waals surface area contributed by atoms with Crippen molar-refractivity contribution in [1.82, 2.24) is 0 Å². The molecule has 3 aromatic rings. The van der Waals surface area contributed by atoms with Crippen molar-refractivity contribution in [3.63, 3.8) is 0 Å². The minimum atomic E-state index is -5.45. The molecule has 0 fully saturated rings. The number of hydrogen-bond donors (Lipinski definition) is 2. The van der Waals surface area contributed by atoms with Crippen molar-refractivity contribution in [2.75, 3.05) is 11.5 Å². The maximum absolute atomic E-state index is 14.9. The predicted octanol–water partition coefficient (Wildman–Crippen LogP) is 6.29. The third-order valence-corrected chi connectivity index (χ3v) is 3.93. The highest BCUT2D eigenvalue weighted by Crippen LogP contribution is 2.46. The van der Waals surface area contributed by atoms with Gasteiger partial charge in [0.15, 0.2) is 34.7 Å². The number of benzene rings is 3. The lowest BCUT2D eigenvalue weighted by molar-refractivity contribution is -0.139. The molecule has 0 saturated carbocycles. The van der Waals surface area contributed by atoms with Gasteiger partial charge in [-0.05, 0) is 6.07 Å². The second-order valence-electron chi connectivity index (χ2n) is 6.19. The first-order chi connectivity index (χ1) is 14.8. The van der Waals surface area contributed by atoms with Crippen molar-refractivity contribution in [3.05, 3.63) is 70.8 Å². The fourth-order valence-corrected chi connectivity index (χ4v) is 2.53. The molecule has 3 aromatic carbocycles. The molecule has 170 valence electrons. The van der Waals surface area contributed by atoms with Crippen LogP contribution in [0.5, 0.6) is 23.0 Å². The van der Waals surface area contributed by atoms with Crippen LogP contribution in [0, 0.1) is 34.9 Å². The monoisotopic (exact) mass is 468 g/mol. The second-order valence-corrected chi connectivity index (χ2v) is 6.19. The van der Waals surface area contributed by atoms with Gasteiger partial charge in [-0.1, -0.05) is 0 Å². The van der Waals surface area contributed by atoms with Crippen LogP contribution in [-0.4, -0.2) is 0 Å². The van der Waals surface area contributed by atoms with Gasteiger partial charge in [0.2, 0.25) is 11.6 Å². The van der Waals surface area contributed by atoms with Gasteiger partial charge in [-0.2, -0.15) is 17.6 Å². The smallest absolute Gasteiger partial charge is 0.420 e. The van der Waals surface area contributed by atoms with Crippen LogP contribution in [0.1, 0.15) is 5.56 Å². The Hall–Kier alpha value is -3.77. The standard InChI is InChI=1S/C19H9F9N2O2/c20-6-1-10(29)14(23)12(3-6)31-17-8(19(26,27)28)5-9(22)18(16(17)25)32-13-4-7(21)2-11(30)15(13)24/h1-5H,29-30H2. The number of rotatable bonds is 4. The van der Waals surface area contributed by atoms with Crippen LogP contribution in [0.25, 0.3) is 0 Å². The van der Waals surface area contributed by atoms with Crippen LogP contribution in [0.4, 0.5) is 50.9 Å². The normalized spacial score (nSPS) is 11.5. The Morgan fingerprint density at radius 2 is 1.03 bits per heavy atom. The topological polar surface area (TPSA) is 70.5 Å². The SMILES string of the molecule is Nc1cc(F)cc(Oc2c(F)cc(C(F)(F)F)c(Oc3cc(F)cc(N)c3F)c2F)c1F. The van der Waals surface area contributed by atoms with E-state index in [0.29, 0.717) is 18.2 Å². The molecule has 0 aromatic heterocycles. The third-order valence-electron chi connectivity index (χ3n) is 3.93. The average Bonchev–Trinajstić information content (AvgIpc) is 2.67. The predicted molar refractivity (Wildman–Crippen MR) is 93.0 cm³/mol. The van der Waals surface area contributed by atoms with E-state index in [0.717, 1.165) is 0 Å². The van der Waals surface area contributed by atoms with Crippen molar-refractivity contribution in [1.29, 1.82) is 0 Å². The Morgan fingerprint density at radius 1 is 0.594 bits per heavy atom. The number of alkyl halides is 3. The molecule has 4 nitrogen and oxygen atoms in total. The number of nitrogens with two attached hydrogens (primary N) is 2. The number of anilines is 2. The molecule has 0 aliphatic carbocycles. The van der Waals surface area contributed by atoms with Gasteiger partial charge in [0.05, 0.1) is 11.4 Å². The zero-order valence-electron chi connectivity index (χ0n) is 15.3. The zero-order chi connectivity index (χ0) is 24.0. The van der Waals surface area contributed by atoms with Crippen LogP contribution >= 0.6 is 0 Å². The number of halogens is 9. The van der Waals surface area contributed by atoms with Gasteiger partial charge in [0.1, 0.15) is 17.2 Å². The summed E-state index contributed by atoms with van der Waals surface area (Å²) in [6, 6.07) is 1.25. The molecule has 0 saturated heterocycles. The molecule has 0 heterocycles. The molecule has 32 heavy (non-hydrogen) atoms. The van der Waals surface area contributed by atoms with Crippen LogP contribution in [-0.2, 0) is 6.18 Å². The van der Waals surface area contributed by atoms with Gasteiger partial charge in [-0.15, -0.1) is 0 Å². The molecular formula is C19H9F9N2O2. The minimum absolute atomic E-state index is 0.252.